The monoisotopic (exact) mass is 497 g/mol. The molecule has 10 heteroatoms. The van der Waals surface area contributed by atoms with E-state index in [-0.39, 0.29) is 17.1 Å². The maximum Gasteiger partial charge on any atom is 0.289 e. The van der Waals surface area contributed by atoms with E-state index >= 15 is 0 Å². The lowest BCUT2D eigenvalue weighted by molar-refractivity contribution is 0.0764. The van der Waals surface area contributed by atoms with Crippen molar-refractivity contribution in [3.63, 3.8) is 0 Å². The van der Waals surface area contributed by atoms with Crippen LogP contribution >= 0.6 is 11.6 Å². The molecular formula is C26H21BClN5O3. The summed E-state index contributed by atoms with van der Waals surface area (Å²) in [5.41, 5.74) is 2.57. The summed E-state index contributed by atoms with van der Waals surface area (Å²) >= 11 is 6.38. The maximum absolute atomic E-state index is 12.8. The van der Waals surface area contributed by atoms with E-state index in [1.54, 1.807) is 48.1 Å². The number of para-hydroxylation sites is 1. The van der Waals surface area contributed by atoms with Crippen LogP contribution in [0.5, 0.6) is 0 Å². The van der Waals surface area contributed by atoms with Gasteiger partial charge in [-0.2, -0.15) is 9.61 Å². The highest BCUT2D eigenvalue weighted by Crippen LogP contribution is 2.28. The van der Waals surface area contributed by atoms with Gasteiger partial charge in [0.05, 0.1) is 11.1 Å². The fourth-order valence-electron chi connectivity index (χ4n) is 3.94. The van der Waals surface area contributed by atoms with E-state index in [2.05, 4.69) is 15.4 Å². The quantitative estimate of drug-likeness (QED) is 0.273. The number of anilines is 1. The van der Waals surface area contributed by atoms with Crippen LogP contribution in [0.15, 0.2) is 76.1 Å². The van der Waals surface area contributed by atoms with Crippen LogP contribution in [0.1, 0.15) is 17.0 Å². The number of nitrogens with zero attached hydrogens (tertiary/aromatic N) is 4. The summed E-state index contributed by atoms with van der Waals surface area (Å²) in [4.78, 5) is 31.3. The zero-order valence-corrected chi connectivity index (χ0v) is 20.2. The first kappa shape index (κ1) is 23.6. The van der Waals surface area contributed by atoms with Crippen molar-refractivity contribution in [2.24, 2.45) is 0 Å². The standard InChI is InChI=1S/C26H21BClN5O3/c1-32(26(35)23-14-21(34)17-8-3-5-10-22(17)36-23)12-6-11-29-24-13-20(16-7-2-4-9-19(16)28)31-25-18(27)15-30-33(24)25/h2-5,7-10,13-15,29H,6,11-12H2,1H3. The van der Waals surface area contributed by atoms with Crippen LogP contribution in [0.3, 0.4) is 0 Å². The number of amides is 1. The Hall–Kier alpha value is -4.11. The zero-order chi connectivity index (χ0) is 25.2. The van der Waals surface area contributed by atoms with Crippen LogP contribution in [0.2, 0.25) is 5.02 Å². The topological polar surface area (TPSA) is 92.7 Å². The minimum atomic E-state index is -0.356. The number of aromatic nitrogens is 3. The molecular weight excluding hydrogens is 477 g/mol. The summed E-state index contributed by atoms with van der Waals surface area (Å²) in [5.74, 6) is 0.354. The van der Waals surface area contributed by atoms with Crippen LogP contribution in [0, 0.1) is 0 Å². The van der Waals surface area contributed by atoms with Crippen molar-refractivity contribution < 1.29 is 9.21 Å². The fourth-order valence-corrected chi connectivity index (χ4v) is 4.18. The number of hydrogen-bond acceptors (Lipinski definition) is 6. The summed E-state index contributed by atoms with van der Waals surface area (Å²) < 4.78 is 7.30. The van der Waals surface area contributed by atoms with Gasteiger partial charge in [0.25, 0.3) is 5.91 Å². The minimum Gasteiger partial charge on any atom is -0.451 e. The van der Waals surface area contributed by atoms with Crippen molar-refractivity contribution >= 4 is 53.3 Å². The van der Waals surface area contributed by atoms with Crippen LogP contribution in [-0.2, 0) is 0 Å². The van der Waals surface area contributed by atoms with Gasteiger partial charge in [-0.3, -0.25) is 9.59 Å². The third kappa shape index (κ3) is 4.57. The molecule has 0 fully saturated rings. The number of halogens is 1. The Morgan fingerprint density at radius 3 is 2.78 bits per heavy atom. The number of hydrogen-bond donors (Lipinski definition) is 1. The van der Waals surface area contributed by atoms with E-state index in [9.17, 15) is 9.59 Å². The average molecular weight is 498 g/mol. The molecule has 1 amide bonds. The Labute approximate surface area is 212 Å². The number of fused-ring (bicyclic) bond motifs is 2. The van der Waals surface area contributed by atoms with E-state index in [1.807, 2.05) is 24.3 Å². The predicted molar refractivity (Wildman–Crippen MR) is 141 cm³/mol. The van der Waals surface area contributed by atoms with Gasteiger partial charge in [-0.05, 0) is 30.1 Å². The Balaban J connectivity index is 1.28. The lowest BCUT2D eigenvalue weighted by Crippen LogP contribution is -2.29. The summed E-state index contributed by atoms with van der Waals surface area (Å²) in [7, 11) is 7.75. The van der Waals surface area contributed by atoms with E-state index in [1.165, 1.54) is 11.0 Å². The minimum absolute atomic E-state index is 0.0152. The molecule has 5 aromatic rings. The number of carbonyl (C=O) groups excluding carboxylic acids is 1. The van der Waals surface area contributed by atoms with E-state index in [4.69, 9.17) is 23.9 Å². The largest absolute Gasteiger partial charge is 0.451 e. The van der Waals surface area contributed by atoms with Crippen molar-refractivity contribution in [3.05, 3.63) is 87.9 Å². The molecule has 0 saturated heterocycles. The molecule has 0 aliphatic rings. The molecule has 178 valence electrons. The van der Waals surface area contributed by atoms with E-state index in [0.29, 0.717) is 58.1 Å². The predicted octanol–water partition coefficient (Wildman–Crippen LogP) is 3.52. The smallest absolute Gasteiger partial charge is 0.289 e. The van der Waals surface area contributed by atoms with Gasteiger partial charge in [0, 0.05) is 49.1 Å². The van der Waals surface area contributed by atoms with Gasteiger partial charge in [-0.1, -0.05) is 41.9 Å². The Kier molecular flexibility index (Phi) is 6.48. The molecule has 0 aliphatic heterocycles. The molecule has 0 bridgehead atoms. The third-order valence-electron chi connectivity index (χ3n) is 5.82. The van der Waals surface area contributed by atoms with E-state index < -0.39 is 0 Å². The molecule has 0 aliphatic carbocycles. The molecule has 36 heavy (non-hydrogen) atoms. The molecule has 0 atom stereocenters. The number of benzene rings is 2. The number of rotatable bonds is 7. The second-order valence-corrected chi connectivity index (χ2v) is 8.73. The SMILES string of the molecule is [B]c1cnn2c(NCCCN(C)C(=O)c3cc(=O)c4ccccc4o3)cc(-c3ccccc3Cl)nc12. The molecule has 3 aromatic heterocycles. The van der Waals surface area contributed by atoms with Gasteiger partial charge in [0.15, 0.2) is 16.8 Å². The molecule has 2 radical (unpaired) electrons. The molecule has 0 unspecified atom stereocenters. The van der Waals surface area contributed by atoms with Crippen LogP contribution < -0.4 is 16.2 Å². The number of nitrogens with one attached hydrogen (secondary N) is 1. The van der Waals surface area contributed by atoms with Crippen molar-refractivity contribution in [1.82, 2.24) is 19.5 Å². The second-order valence-electron chi connectivity index (χ2n) is 8.32. The third-order valence-corrected chi connectivity index (χ3v) is 6.15. The van der Waals surface area contributed by atoms with Crippen molar-refractivity contribution in [2.45, 2.75) is 6.42 Å². The highest BCUT2D eigenvalue weighted by atomic mass is 35.5. The highest BCUT2D eigenvalue weighted by molar-refractivity contribution is 6.36. The van der Waals surface area contributed by atoms with E-state index in [0.717, 1.165) is 5.56 Å². The molecule has 3 heterocycles. The number of carbonyl (C=O) groups is 1. The molecule has 0 saturated carbocycles. The van der Waals surface area contributed by atoms with Gasteiger partial charge in [0.1, 0.15) is 19.2 Å². The highest BCUT2D eigenvalue weighted by Gasteiger charge is 2.17. The van der Waals surface area contributed by atoms with Gasteiger partial charge < -0.3 is 14.6 Å². The van der Waals surface area contributed by atoms with Crippen molar-refractivity contribution in [3.8, 4) is 11.3 Å². The van der Waals surface area contributed by atoms with Gasteiger partial charge in [-0.15, -0.1) is 0 Å². The summed E-state index contributed by atoms with van der Waals surface area (Å²) in [6.07, 6.45) is 2.18. The zero-order valence-electron chi connectivity index (χ0n) is 19.4. The molecule has 1 N–H and O–H groups in total. The van der Waals surface area contributed by atoms with Crippen molar-refractivity contribution in [1.29, 1.82) is 0 Å². The first-order chi connectivity index (χ1) is 17.4. The Morgan fingerprint density at radius 2 is 1.94 bits per heavy atom. The van der Waals surface area contributed by atoms with Gasteiger partial charge >= 0.3 is 0 Å². The molecule has 5 rings (SSSR count). The maximum atomic E-state index is 12.8. The van der Waals surface area contributed by atoms with Crippen LogP contribution in [0.4, 0.5) is 5.82 Å². The first-order valence-electron chi connectivity index (χ1n) is 11.3. The lowest BCUT2D eigenvalue weighted by Gasteiger charge is -2.17. The lowest BCUT2D eigenvalue weighted by atomic mass is 10.0. The second kappa shape index (κ2) is 9.87. The van der Waals surface area contributed by atoms with Crippen LogP contribution in [-0.4, -0.2) is 53.4 Å². The summed E-state index contributed by atoms with van der Waals surface area (Å²) in [6, 6.07) is 17.4. The fraction of sp³-hybridized carbons (Fsp3) is 0.154. The van der Waals surface area contributed by atoms with Gasteiger partial charge in [-0.25, -0.2) is 4.98 Å². The summed E-state index contributed by atoms with van der Waals surface area (Å²) in [5, 5.41) is 8.69. The Morgan fingerprint density at radius 1 is 1.17 bits per heavy atom. The molecule has 2 aromatic carbocycles. The first-order valence-corrected chi connectivity index (χ1v) is 11.7. The van der Waals surface area contributed by atoms with Gasteiger partial charge in [0.2, 0.25) is 0 Å². The normalized spacial score (nSPS) is 11.2. The molecule has 8 nitrogen and oxygen atoms in total. The Bertz CT molecular complexity index is 1650. The van der Waals surface area contributed by atoms with Crippen LogP contribution in [0.25, 0.3) is 27.9 Å². The average Bonchev–Trinajstić information content (AvgIpc) is 3.26. The van der Waals surface area contributed by atoms with Crippen molar-refractivity contribution in [2.75, 3.05) is 25.5 Å². The summed E-state index contributed by atoms with van der Waals surface area (Å²) in [6.45, 7) is 0.981. The molecule has 0 spiro atoms.